The van der Waals surface area contributed by atoms with E-state index in [0.717, 1.165) is 12.8 Å². The molecule has 1 fully saturated rings. The molecule has 0 radical (unpaired) electrons. The highest BCUT2D eigenvalue weighted by Crippen LogP contribution is 2.21. The molecular formula is C9H18N2O4S. The fraction of sp³-hybridized carbons (Fsp3) is 0.889. The Balaban J connectivity index is 2.77. The van der Waals surface area contributed by atoms with Gasteiger partial charge in [-0.05, 0) is 25.7 Å². The Hall–Kier alpha value is -0.660. The fourth-order valence-corrected chi connectivity index (χ4v) is 3.07. The molecule has 0 aromatic rings. The molecule has 1 aliphatic rings. The summed E-state index contributed by atoms with van der Waals surface area (Å²) in [6.07, 6.45) is 2.06. The largest absolute Gasteiger partial charge is 0.480 e. The summed E-state index contributed by atoms with van der Waals surface area (Å²) < 4.78 is 27.9. The first-order valence-electron chi connectivity index (χ1n) is 5.40. The van der Waals surface area contributed by atoms with E-state index in [9.17, 15) is 13.2 Å². The lowest BCUT2D eigenvalue weighted by molar-refractivity contribution is -0.144. The van der Waals surface area contributed by atoms with Crippen LogP contribution in [0.5, 0.6) is 0 Å². The third kappa shape index (κ3) is 3.16. The molecule has 0 spiro atoms. The van der Waals surface area contributed by atoms with Gasteiger partial charge >= 0.3 is 5.97 Å². The minimum absolute atomic E-state index is 0.0299. The summed E-state index contributed by atoms with van der Waals surface area (Å²) >= 11 is 0. The van der Waals surface area contributed by atoms with E-state index in [1.165, 1.54) is 0 Å². The maximum Gasteiger partial charge on any atom is 0.324 e. The predicted molar refractivity (Wildman–Crippen MR) is 59.2 cm³/mol. The second-order valence-corrected chi connectivity index (χ2v) is 5.54. The third-order valence-corrected chi connectivity index (χ3v) is 4.15. The van der Waals surface area contributed by atoms with Crippen molar-refractivity contribution in [2.24, 2.45) is 0 Å². The van der Waals surface area contributed by atoms with Gasteiger partial charge in [-0.2, -0.15) is 17.9 Å². The maximum absolute atomic E-state index is 11.6. The molecule has 3 N–H and O–H groups in total. The Kier molecular flexibility index (Phi) is 3.92. The van der Waals surface area contributed by atoms with Crippen LogP contribution in [0.25, 0.3) is 0 Å². The summed E-state index contributed by atoms with van der Waals surface area (Å²) in [6.45, 7) is 3.30. The SMILES string of the molecule is CCC(CC)(NS(=O)(=O)NC1CC1)C(=O)O. The van der Waals surface area contributed by atoms with Gasteiger partial charge in [0, 0.05) is 6.04 Å². The van der Waals surface area contributed by atoms with Crippen LogP contribution in [0.3, 0.4) is 0 Å². The van der Waals surface area contributed by atoms with Crippen LogP contribution in [-0.2, 0) is 15.0 Å². The van der Waals surface area contributed by atoms with Crippen LogP contribution in [0.1, 0.15) is 39.5 Å². The van der Waals surface area contributed by atoms with Crippen LogP contribution >= 0.6 is 0 Å². The van der Waals surface area contributed by atoms with Gasteiger partial charge in [-0.25, -0.2) is 0 Å². The third-order valence-electron chi connectivity index (χ3n) is 2.85. The van der Waals surface area contributed by atoms with E-state index < -0.39 is 21.7 Å². The summed E-state index contributed by atoms with van der Waals surface area (Å²) in [6, 6.07) is -0.0299. The van der Waals surface area contributed by atoms with Crippen LogP contribution in [0.15, 0.2) is 0 Å². The number of carboxylic acids is 1. The Labute approximate surface area is 95.6 Å². The van der Waals surface area contributed by atoms with Crippen molar-refractivity contribution in [2.45, 2.75) is 51.1 Å². The lowest BCUT2D eigenvalue weighted by atomic mass is 9.95. The molecule has 1 aliphatic carbocycles. The second-order valence-electron chi connectivity index (χ2n) is 4.09. The molecule has 0 unspecified atom stereocenters. The molecule has 0 heterocycles. The van der Waals surface area contributed by atoms with E-state index in [1.54, 1.807) is 13.8 Å². The number of aliphatic carboxylic acids is 1. The minimum Gasteiger partial charge on any atom is -0.480 e. The zero-order valence-corrected chi connectivity index (χ0v) is 10.3. The van der Waals surface area contributed by atoms with Crippen molar-refractivity contribution in [1.82, 2.24) is 9.44 Å². The molecule has 6 nitrogen and oxygen atoms in total. The molecular weight excluding hydrogens is 232 g/mol. The number of carbonyl (C=O) groups is 1. The van der Waals surface area contributed by atoms with Gasteiger partial charge in [0.25, 0.3) is 10.2 Å². The van der Waals surface area contributed by atoms with E-state index in [2.05, 4.69) is 9.44 Å². The molecule has 0 atom stereocenters. The van der Waals surface area contributed by atoms with E-state index in [1.807, 2.05) is 0 Å². The first kappa shape index (κ1) is 13.4. The van der Waals surface area contributed by atoms with E-state index in [0.29, 0.717) is 0 Å². The van der Waals surface area contributed by atoms with Crippen LogP contribution in [0.4, 0.5) is 0 Å². The van der Waals surface area contributed by atoms with Crippen molar-refractivity contribution in [3.8, 4) is 0 Å². The van der Waals surface area contributed by atoms with Crippen molar-refractivity contribution < 1.29 is 18.3 Å². The zero-order chi connectivity index (χ0) is 12.4. The van der Waals surface area contributed by atoms with Crippen LogP contribution in [0.2, 0.25) is 0 Å². The lowest BCUT2D eigenvalue weighted by Gasteiger charge is -2.27. The first-order valence-corrected chi connectivity index (χ1v) is 6.88. The summed E-state index contributed by atoms with van der Waals surface area (Å²) in [5.41, 5.74) is -1.40. The predicted octanol–water partition coefficient (Wildman–Crippen LogP) is 0.216. The Morgan fingerprint density at radius 2 is 1.88 bits per heavy atom. The van der Waals surface area contributed by atoms with Crippen molar-refractivity contribution in [3.63, 3.8) is 0 Å². The average Bonchev–Trinajstić information content (AvgIpc) is 2.97. The highest BCUT2D eigenvalue weighted by atomic mass is 32.2. The Morgan fingerprint density at radius 3 is 2.19 bits per heavy atom. The highest BCUT2D eigenvalue weighted by Gasteiger charge is 2.40. The van der Waals surface area contributed by atoms with Crippen molar-refractivity contribution in [1.29, 1.82) is 0 Å². The molecule has 0 bridgehead atoms. The highest BCUT2D eigenvalue weighted by molar-refractivity contribution is 7.87. The van der Waals surface area contributed by atoms with Crippen LogP contribution in [-0.4, -0.2) is 31.1 Å². The van der Waals surface area contributed by atoms with Gasteiger partial charge in [0.2, 0.25) is 0 Å². The number of carboxylic acid groups (broad SMARTS) is 1. The molecule has 7 heteroatoms. The smallest absolute Gasteiger partial charge is 0.324 e. The lowest BCUT2D eigenvalue weighted by Crippen LogP contribution is -2.56. The van der Waals surface area contributed by atoms with Gasteiger partial charge in [-0.1, -0.05) is 13.8 Å². The van der Waals surface area contributed by atoms with E-state index in [4.69, 9.17) is 5.11 Å². The molecule has 94 valence electrons. The van der Waals surface area contributed by atoms with Gasteiger partial charge in [-0.3, -0.25) is 4.79 Å². The molecule has 1 saturated carbocycles. The monoisotopic (exact) mass is 250 g/mol. The maximum atomic E-state index is 11.6. The zero-order valence-electron chi connectivity index (χ0n) is 9.49. The summed E-state index contributed by atoms with van der Waals surface area (Å²) in [7, 11) is -3.73. The normalized spacial score (nSPS) is 17.4. The Bertz CT molecular complexity index is 358. The molecule has 0 aromatic carbocycles. The number of hydrogen-bond donors (Lipinski definition) is 3. The number of hydrogen-bond acceptors (Lipinski definition) is 3. The van der Waals surface area contributed by atoms with Crippen LogP contribution < -0.4 is 9.44 Å². The molecule has 1 rings (SSSR count). The van der Waals surface area contributed by atoms with Crippen molar-refractivity contribution >= 4 is 16.2 Å². The van der Waals surface area contributed by atoms with Crippen molar-refractivity contribution in [2.75, 3.05) is 0 Å². The van der Waals surface area contributed by atoms with Crippen molar-refractivity contribution in [3.05, 3.63) is 0 Å². The molecule has 0 amide bonds. The van der Waals surface area contributed by atoms with Gasteiger partial charge in [0.15, 0.2) is 0 Å². The first-order chi connectivity index (χ1) is 7.35. The minimum atomic E-state index is -3.73. The van der Waals surface area contributed by atoms with Gasteiger partial charge in [0.05, 0.1) is 0 Å². The van der Waals surface area contributed by atoms with E-state index >= 15 is 0 Å². The van der Waals surface area contributed by atoms with Gasteiger partial charge < -0.3 is 5.11 Å². The molecule has 0 aromatic heterocycles. The summed E-state index contributed by atoms with van der Waals surface area (Å²) in [4.78, 5) is 11.1. The molecule has 16 heavy (non-hydrogen) atoms. The molecule has 0 aliphatic heterocycles. The quantitative estimate of drug-likeness (QED) is 0.602. The standard InChI is InChI=1S/C9H18N2O4S/c1-3-9(4-2,8(12)13)11-16(14,15)10-7-5-6-7/h7,10-11H,3-6H2,1-2H3,(H,12,13). The number of rotatable bonds is 7. The summed E-state index contributed by atoms with van der Waals surface area (Å²) in [5.74, 6) is -1.14. The molecule has 0 saturated heterocycles. The van der Waals surface area contributed by atoms with E-state index in [-0.39, 0.29) is 18.9 Å². The second kappa shape index (κ2) is 4.68. The summed E-state index contributed by atoms with van der Waals surface area (Å²) in [5, 5.41) is 9.08. The van der Waals surface area contributed by atoms with Gasteiger partial charge in [-0.15, -0.1) is 0 Å². The topological polar surface area (TPSA) is 95.5 Å². The average molecular weight is 250 g/mol. The van der Waals surface area contributed by atoms with Gasteiger partial charge in [0.1, 0.15) is 5.54 Å². The number of nitrogens with one attached hydrogen (secondary N) is 2. The Morgan fingerprint density at radius 1 is 1.38 bits per heavy atom. The van der Waals surface area contributed by atoms with Crippen LogP contribution in [0, 0.1) is 0 Å². The fourth-order valence-electron chi connectivity index (χ4n) is 1.45.